The summed E-state index contributed by atoms with van der Waals surface area (Å²) in [5, 5.41) is 21.5. The summed E-state index contributed by atoms with van der Waals surface area (Å²) in [4.78, 5) is 55.8. The van der Waals surface area contributed by atoms with Crippen LogP contribution >= 0.6 is 0 Å². The van der Waals surface area contributed by atoms with Gasteiger partial charge < -0.3 is 36.0 Å². The fourth-order valence-corrected chi connectivity index (χ4v) is 4.49. The van der Waals surface area contributed by atoms with Crippen LogP contribution in [0.2, 0.25) is 0 Å². The minimum atomic E-state index is -1.63. The first-order valence-corrected chi connectivity index (χ1v) is 13.3. The Morgan fingerprint density at radius 1 is 1.05 bits per heavy atom. The predicted molar refractivity (Wildman–Crippen MR) is 149 cm³/mol. The highest BCUT2D eigenvalue weighted by Gasteiger charge is 2.49. The second-order valence-electron chi connectivity index (χ2n) is 10.1. The van der Waals surface area contributed by atoms with E-state index in [-0.39, 0.29) is 25.4 Å². The van der Waals surface area contributed by atoms with Crippen molar-refractivity contribution < 1.29 is 33.9 Å². The Balaban J connectivity index is 1.76. The summed E-state index contributed by atoms with van der Waals surface area (Å²) < 4.78 is 5.37. The van der Waals surface area contributed by atoms with E-state index in [9.17, 15) is 24.3 Å². The van der Waals surface area contributed by atoms with Gasteiger partial charge in [0.05, 0.1) is 37.4 Å². The number of hydrogen-bond donors (Lipinski definition) is 3. The molecule has 1 heterocycles. The number of hydrogen-bond acceptors (Lipinski definition) is 8. The summed E-state index contributed by atoms with van der Waals surface area (Å²) in [5.74, 6) is -3.01. The second kappa shape index (κ2) is 14.7. The molecule has 0 saturated carbocycles. The van der Waals surface area contributed by atoms with Crippen molar-refractivity contribution in [3.05, 3.63) is 77.3 Å². The highest BCUT2D eigenvalue weighted by molar-refractivity contribution is 6.01. The molecule has 0 aromatic heterocycles. The van der Waals surface area contributed by atoms with E-state index < -0.39 is 54.4 Å². The average Bonchev–Trinajstić information content (AvgIpc) is 3.37. The molecule has 2 aromatic rings. The van der Waals surface area contributed by atoms with Gasteiger partial charge in [-0.2, -0.15) is 0 Å². The topological polar surface area (TPSA) is 178 Å². The van der Waals surface area contributed by atoms with Crippen molar-refractivity contribution in [1.29, 1.82) is 0 Å². The molecule has 1 aliphatic rings. The summed E-state index contributed by atoms with van der Waals surface area (Å²) >= 11 is 0. The number of oxime groups is 1. The van der Waals surface area contributed by atoms with Gasteiger partial charge >= 0.3 is 12.1 Å². The van der Waals surface area contributed by atoms with E-state index in [1.807, 2.05) is 50.2 Å². The number of carboxylic acids is 1. The molecule has 0 saturated heterocycles. The van der Waals surface area contributed by atoms with Crippen LogP contribution in [0.1, 0.15) is 37.8 Å². The van der Waals surface area contributed by atoms with Crippen LogP contribution < -0.4 is 10.6 Å². The normalized spacial score (nSPS) is 17.5. The number of ether oxygens (including phenoxy) is 1. The van der Waals surface area contributed by atoms with Gasteiger partial charge in [0.1, 0.15) is 0 Å². The highest BCUT2D eigenvalue weighted by Crippen LogP contribution is 2.31. The molecule has 1 aliphatic heterocycles. The molecule has 0 bridgehead atoms. The molecule has 0 aliphatic carbocycles. The summed E-state index contributed by atoms with van der Waals surface area (Å²) in [6.45, 7) is 3.23. The average molecular weight is 565 g/mol. The second-order valence-corrected chi connectivity index (χ2v) is 10.1. The summed E-state index contributed by atoms with van der Waals surface area (Å²) in [6.07, 6.45) is -0.797. The predicted octanol–water partition coefficient (Wildman–Crippen LogP) is 3.29. The van der Waals surface area contributed by atoms with Gasteiger partial charge in [-0.05, 0) is 17.0 Å². The van der Waals surface area contributed by atoms with Gasteiger partial charge in [0, 0.05) is 19.3 Å². The lowest BCUT2D eigenvalue weighted by Crippen LogP contribution is -2.55. The van der Waals surface area contributed by atoms with E-state index in [1.165, 1.54) is 0 Å². The number of Topliss-reactive ketones (excluding diaryl/α,β-unsaturated/α-hetero) is 1. The molecule has 0 radical (unpaired) electrons. The van der Waals surface area contributed by atoms with E-state index in [0.29, 0.717) is 12.1 Å². The van der Waals surface area contributed by atoms with Crippen LogP contribution in [0.25, 0.3) is 5.53 Å². The van der Waals surface area contributed by atoms with E-state index in [4.69, 9.17) is 15.1 Å². The van der Waals surface area contributed by atoms with Crippen LogP contribution in [0.5, 0.6) is 0 Å². The minimum Gasteiger partial charge on any atom is -0.712 e. The number of amides is 2. The molecule has 12 nitrogen and oxygen atoms in total. The maximum Gasteiger partial charge on any atom is 0.407 e. The van der Waals surface area contributed by atoms with E-state index in [2.05, 4.69) is 20.9 Å². The van der Waals surface area contributed by atoms with Gasteiger partial charge in [-0.1, -0.05) is 79.7 Å². The van der Waals surface area contributed by atoms with Gasteiger partial charge in [0.2, 0.25) is 5.60 Å². The number of nitrogens with one attached hydrogen (secondary N) is 2. The minimum absolute atomic E-state index is 0.0424. The van der Waals surface area contributed by atoms with Crippen LogP contribution in [0.4, 0.5) is 4.79 Å². The Bertz CT molecular complexity index is 1250. The molecule has 3 atom stereocenters. The Morgan fingerprint density at radius 2 is 1.68 bits per heavy atom. The number of carboxylic acid groups (broad SMARTS) is 1. The van der Waals surface area contributed by atoms with Crippen LogP contribution in [0.3, 0.4) is 0 Å². The molecule has 3 rings (SSSR count). The van der Waals surface area contributed by atoms with Crippen molar-refractivity contribution in [2.24, 2.45) is 16.2 Å². The number of carbonyl (C=O) groups excluding carboxylic acids is 3. The van der Waals surface area contributed by atoms with Gasteiger partial charge in [-0.3, -0.25) is 14.4 Å². The third-order valence-electron chi connectivity index (χ3n) is 6.62. The lowest BCUT2D eigenvalue weighted by Gasteiger charge is -2.29. The largest absolute Gasteiger partial charge is 0.712 e. The zero-order valence-electron chi connectivity index (χ0n) is 23.0. The van der Waals surface area contributed by atoms with Crippen molar-refractivity contribution in [3.8, 4) is 0 Å². The number of alkyl carbamates (subject to hydrolysis) is 1. The number of rotatable bonds is 15. The Kier molecular flexibility index (Phi) is 11.1. The number of carbonyl (C=O) groups is 4. The van der Waals surface area contributed by atoms with E-state index >= 15 is 0 Å². The zero-order chi connectivity index (χ0) is 29.8. The highest BCUT2D eigenvalue weighted by atomic mass is 16.7. The van der Waals surface area contributed by atoms with Crippen LogP contribution in [-0.4, -0.2) is 65.4 Å². The molecule has 41 heavy (non-hydrogen) atoms. The molecule has 3 N–H and O–H groups in total. The van der Waals surface area contributed by atoms with Crippen LogP contribution in [0, 0.1) is 5.92 Å². The van der Waals surface area contributed by atoms with Gasteiger partial charge in [0.15, 0.2) is 5.78 Å². The first kappa shape index (κ1) is 30.9. The summed E-state index contributed by atoms with van der Waals surface area (Å²) in [7, 11) is 0. The van der Waals surface area contributed by atoms with Crippen molar-refractivity contribution in [2.45, 2.75) is 57.2 Å². The lowest BCUT2D eigenvalue weighted by molar-refractivity contribution is -0.147. The molecule has 12 heteroatoms. The summed E-state index contributed by atoms with van der Waals surface area (Å²) in [6, 6.07) is 16.5. The fraction of sp³-hybridized carbons (Fsp3) is 0.414. The van der Waals surface area contributed by atoms with Crippen molar-refractivity contribution in [2.75, 3.05) is 13.2 Å². The molecular formula is C29H34N5O7-. The first-order valence-electron chi connectivity index (χ1n) is 13.3. The van der Waals surface area contributed by atoms with E-state index in [0.717, 1.165) is 11.1 Å². The molecular weight excluding hydrogens is 530 g/mol. The Hall–Kier alpha value is -4.61. The van der Waals surface area contributed by atoms with Crippen molar-refractivity contribution in [3.63, 3.8) is 0 Å². The summed E-state index contributed by atoms with van der Waals surface area (Å²) in [5.41, 5.74) is 9.32. The first-order chi connectivity index (χ1) is 19.6. The van der Waals surface area contributed by atoms with Gasteiger partial charge in [0.25, 0.3) is 5.91 Å². The quantitative estimate of drug-likeness (QED) is 0.278. The molecule has 2 unspecified atom stereocenters. The number of benzene rings is 2. The molecule has 0 fully saturated rings. The van der Waals surface area contributed by atoms with Gasteiger partial charge in [-0.15, -0.1) is 0 Å². The van der Waals surface area contributed by atoms with Crippen molar-refractivity contribution in [1.82, 2.24) is 10.6 Å². The number of aliphatic carboxylic acids is 1. The molecule has 0 spiro atoms. The Labute approximate surface area is 238 Å². The zero-order valence-corrected chi connectivity index (χ0v) is 23.0. The SMILES string of the molecule is CC(C)C(NC(=O)OCCc1ccccc1)C1=NOC(Cc2ccccc2)(C(=O)N[C@@H](CC(=O)O)C(=O)CN=[N-])C1. The standard InChI is InChI=1S/C29H34N5O7/c1-19(2)26(33-28(39)40-14-13-20-9-5-3-6-10-20)23-17-29(41-34-23,16-21-11-7-4-8-12-21)27(38)32-22(15-25(36)37)24(35)18-31-30/h3-12,19,22,26H,13-18H2,1-2H3,(H,32,38)(H,33,39)(H,36,37)/q-1/t22-,26?,29?/m0/s1. The molecule has 2 aromatic carbocycles. The van der Waals surface area contributed by atoms with Crippen molar-refractivity contribution >= 4 is 29.5 Å². The lowest BCUT2D eigenvalue weighted by atomic mass is 9.84. The van der Waals surface area contributed by atoms with E-state index in [1.54, 1.807) is 24.3 Å². The van der Waals surface area contributed by atoms with Gasteiger partial charge in [-0.25, -0.2) is 4.79 Å². The third kappa shape index (κ3) is 8.95. The fourth-order valence-electron chi connectivity index (χ4n) is 4.49. The molecule has 2 amide bonds. The monoisotopic (exact) mass is 564 g/mol. The number of ketones is 1. The molecule has 218 valence electrons. The van der Waals surface area contributed by atoms with Crippen LogP contribution in [-0.2, 0) is 36.8 Å². The Morgan fingerprint density at radius 3 is 2.27 bits per heavy atom. The third-order valence-corrected chi connectivity index (χ3v) is 6.62. The number of nitrogens with zero attached hydrogens (tertiary/aromatic N) is 3. The van der Waals surface area contributed by atoms with Crippen LogP contribution in [0.15, 0.2) is 70.9 Å². The maximum absolute atomic E-state index is 13.6. The maximum atomic E-state index is 13.6. The smallest absolute Gasteiger partial charge is 0.407 e.